The molecule has 0 bridgehead atoms. The zero-order valence-corrected chi connectivity index (χ0v) is 4.07. The van der Waals surface area contributed by atoms with Gasteiger partial charge in [0, 0.05) is 0 Å². The second kappa shape index (κ2) is 2.39. The second-order valence-corrected chi connectivity index (χ2v) is 1.15. The standard InChI is InChI=1S/C3H5N3O2/c4-7-1-3-5-2-6-8-3/h2H,1,4H2. The Morgan fingerprint density at radius 3 is 3.25 bits per heavy atom. The minimum absolute atomic E-state index is 0.167. The van der Waals surface area contributed by atoms with E-state index in [2.05, 4.69) is 19.5 Å². The Balaban J connectivity index is 2.50. The molecule has 1 aromatic rings. The molecule has 2 N–H and O–H groups in total. The van der Waals surface area contributed by atoms with E-state index < -0.39 is 0 Å². The monoisotopic (exact) mass is 115 g/mol. The van der Waals surface area contributed by atoms with Gasteiger partial charge >= 0.3 is 0 Å². The number of rotatable bonds is 2. The molecule has 44 valence electrons. The van der Waals surface area contributed by atoms with E-state index in [0.29, 0.717) is 5.89 Å². The highest BCUT2D eigenvalue weighted by Gasteiger charge is 1.93. The van der Waals surface area contributed by atoms with Crippen LogP contribution in [0.2, 0.25) is 0 Å². The normalized spacial score (nSPS) is 9.62. The van der Waals surface area contributed by atoms with Crippen molar-refractivity contribution in [2.24, 2.45) is 5.90 Å². The molecule has 0 fully saturated rings. The van der Waals surface area contributed by atoms with Crippen molar-refractivity contribution in [1.29, 1.82) is 0 Å². The number of hydrogen-bond donors (Lipinski definition) is 1. The summed E-state index contributed by atoms with van der Waals surface area (Å²) in [5, 5.41) is 3.32. The minimum atomic E-state index is 0.167. The van der Waals surface area contributed by atoms with Gasteiger partial charge < -0.3 is 4.52 Å². The summed E-state index contributed by atoms with van der Waals surface area (Å²) in [6.07, 6.45) is 1.29. The minimum Gasteiger partial charge on any atom is -0.337 e. The van der Waals surface area contributed by atoms with E-state index in [0.717, 1.165) is 0 Å². The van der Waals surface area contributed by atoms with Crippen LogP contribution in [-0.2, 0) is 11.4 Å². The van der Waals surface area contributed by atoms with Gasteiger partial charge in [-0.15, -0.1) is 0 Å². The molecule has 1 rings (SSSR count). The molecule has 0 saturated carbocycles. The predicted molar refractivity (Wildman–Crippen MR) is 23.3 cm³/mol. The zero-order valence-electron chi connectivity index (χ0n) is 4.07. The van der Waals surface area contributed by atoms with Crippen LogP contribution in [0.1, 0.15) is 5.89 Å². The highest BCUT2D eigenvalue weighted by molar-refractivity contribution is 4.67. The third kappa shape index (κ3) is 1.02. The van der Waals surface area contributed by atoms with Crippen LogP contribution in [0, 0.1) is 0 Å². The summed E-state index contributed by atoms with van der Waals surface area (Å²) in [7, 11) is 0. The molecule has 5 nitrogen and oxygen atoms in total. The summed E-state index contributed by atoms with van der Waals surface area (Å²) >= 11 is 0. The van der Waals surface area contributed by atoms with Gasteiger partial charge in [0.25, 0.3) is 5.89 Å². The van der Waals surface area contributed by atoms with Crippen molar-refractivity contribution in [3.8, 4) is 0 Å². The maximum Gasteiger partial charge on any atom is 0.254 e. The molecule has 0 aliphatic carbocycles. The van der Waals surface area contributed by atoms with Gasteiger partial charge in [0.2, 0.25) is 0 Å². The lowest BCUT2D eigenvalue weighted by atomic mass is 10.7. The molecular weight excluding hydrogens is 110 g/mol. The Bertz CT molecular complexity index is 138. The summed E-state index contributed by atoms with van der Waals surface area (Å²) in [5.74, 6) is 5.07. The van der Waals surface area contributed by atoms with Gasteiger partial charge in [-0.05, 0) is 0 Å². The zero-order chi connectivity index (χ0) is 5.82. The Morgan fingerprint density at radius 1 is 1.88 bits per heavy atom. The van der Waals surface area contributed by atoms with E-state index in [1.165, 1.54) is 6.33 Å². The van der Waals surface area contributed by atoms with Crippen molar-refractivity contribution in [3.05, 3.63) is 12.2 Å². The van der Waals surface area contributed by atoms with Crippen LogP contribution in [0.3, 0.4) is 0 Å². The summed E-state index contributed by atoms with van der Waals surface area (Å²) < 4.78 is 4.51. The number of nitrogens with two attached hydrogens (primary N) is 1. The molecule has 0 aliphatic rings. The first-order valence-electron chi connectivity index (χ1n) is 2.00. The summed E-state index contributed by atoms with van der Waals surface area (Å²) in [6, 6.07) is 0. The van der Waals surface area contributed by atoms with Crippen molar-refractivity contribution in [3.63, 3.8) is 0 Å². The largest absolute Gasteiger partial charge is 0.337 e. The molecule has 5 heteroatoms. The fraction of sp³-hybridized carbons (Fsp3) is 0.333. The highest BCUT2D eigenvalue weighted by Crippen LogP contribution is 1.89. The van der Waals surface area contributed by atoms with Gasteiger partial charge in [0.15, 0.2) is 6.33 Å². The predicted octanol–water partition coefficient (Wildman–Crippen LogP) is -0.540. The van der Waals surface area contributed by atoms with Crippen molar-refractivity contribution in [2.45, 2.75) is 6.61 Å². The number of aromatic nitrogens is 2. The van der Waals surface area contributed by atoms with Crippen LogP contribution >= 0.6 is 0 Å². The summed E-state index contributed by atoms with van der Waals surface area (Å²) in [5.41, 5.74) is 0. The average Bonchev–Trinajstić information content (AvgIpc) is 2.19. The Kier molecular flexibility index (Phi) is 1.55. The molecule has 0 saturated heterocycles. The van der Waals surface area contributed by atoms with E-state index in [9.17, 15) is 0 Å². The summed E-state index contributed by atoms with van der Waals surface area (Å²) in [4.78, 5) is 7.81. The molecule has 0 radical (unpaired) electrons. The maximum atomic E-state index is 4.69. The Labute approximate surface area is 45.4 Å². The Hall–Kier alpha value is -0.940. The van der Waals surface area contributed by atoms with Crippen molar-refractivity contribution in [1.82, 2.24) is 10.1 Å². The van der Waals surface area contributed by atoms with Crippen LogP contribution in [0.15, 0.2) is 10.9 Å². The molecule has 0 aliphatic heterocycles. The molecule has 0 amide bonds. The smallest absolute Gasteiger partial charge is 0.254 e. The number of hydrogen-bond acceptors (Lipinski definition) is 5. The van der Waals surface area contributed by atoms with Gasteiger partial charge in [-0.3, -0.25) is 4.84 Å². The van der Waals surface area contributed by atoms with E-state index >= 15 is 0 Å². The first kappa shape index (κ1) is 5.20. The molecule has 0 aromatic carbocycles. The van der Waals surface area contributed by atoms with Gasteiger partial charge in [-0.1, -0.05) is 5.16 Å². The fourth-order valence-electron chi connectivity index (χ4n) is 0.331. The van der Waals surface area contributed by atoms with Crippen LogP contribution in [0.4, 0.5) is 0 Å². The van der Waals surface area contributed by atoms with E-state index in [4.69, 9.17) is 5.90 Å². The molecule has 8 heavy (non-hydrogen) atoms. The second-order valence-electron chi connectivity index (χ2n) is 1.15. The van der Waals surface area contributed by atoms with Gasteiger partial charge in [-0.25, -0.2) is 5.90 Å². The fourth-order valence-corrected chi connectivity index (χ4v) is 0.331. The van der Waals surface area contributed by atoms with Crippen LogP contribution < -0.4 is 5.90 Å². The summed E-state index contributed by atoms with van der Waals surface area (Å²) in [6.45, 7) is 0.167. The first-order chi connectivity index (χ1) is 3.93. The third-order valence-electron chi connectivity index (χ3n) is 0.614. The van der Waals surface area contributed by atoms with Gasteiger partial charge in [-0.2, -0.15) is 4.98 Å². The van der Waals surface area contributed by atoms with Crippen molar-refractivity contribution >= 4 is 0 Å². The molecule has 1 aromatic heterocycles. The van der Waals surface area contributed by atoms with Crippen LogP contribution in [0.25, 0.3) is 0 Å². The first-order valence-corrected chi connectivity index (χ1v) is 2.00. The number of nitrogens with zero attached hydrogens (tertiary/aromatic N) is 2. The molecule has 0 unspecified atom stereocenters. The van der Waals surface area contributed by atoms with Gasteiger partial charge in [0.05, 0.1) is 0 Å². The van der Waals surface area contributed by atoms with E-state index in [1.807, 2.05) is 0 Å². The molecule has 0 spiro atoms. The molecular formula is C3H5N3O2. The maximum absolute atomic E-state index is 4.69. The van der Waals surface area contributed by atoms with Gasteiger partial charge in [0.1, 0.15) is 6.61 Å². The van der Waals surface area contributed by atoms with Crippen molar-refractivity contribution < 1.29 is 9.36 Å². The quantitative estimate of drug-likeness (QED) is 0.524. The van der Waals surface area contributed by atoms with E-state index in [-0.39, 0.29) is 6.61 Å². The Morgan fingerprint density at radius 2 is 2.75 bits per heavy atom. The third-order valence-corrected chi connectivity index (χ3v) is 0.614. The lowest BCUT2D eigenvalue weighted by Gasteiger charge is -1.84. The van der Waals surface area contributed by atoms with Crippen LogP contribution in [0.5, 0.6) is 0 Å². The lowest BCUT2D eigenvalue weighted by molar-refractivity contribution is 0.0995. The van der Waals surface area contributed by atoms with E-state index in [1.54, 1.807) is 0 Å². The highest BCUT2D eigenvalue weighted by atomic mass is 16.6. The molecule has 0 atom stereocenters. The van der Waals surface area contributed by atoms with Crippen LogP contribution in [-0.4, -0.2) is 10.1 Å². The molecule has 1 heterocycles. The lowest BCUT2D eigenvalue weighted by Crippen LogP contribution is -1.98. The SMILES string of the molecule is NOCc1ncno1. The average molecular weight is 115 g/mol. The van der Waals surface area contributed by atoms with Crippen molar-refractivity contribution in [2.75, 3.05) is 0 Å². The topological polar surface area (TPSA) is 74.2 Å².